The molecule has 0 aliphatic heterocycles. The van der Waals surface area contributed by atoms with Crippen molar-refractivity contribution in [1.29, 1.82) is 0 Å². The van der Waals surface area contributed by atoms with Crippen LogP contribution in [0.1, 0.15) is 27.7 Å². The Morgan fingerprint density at radius 3 is 2.25 bits per heavy atom. The molecule has 0 rings (SSSR count). The molecule has 118 valence electrons. The fourth-order valence-electron chi connectivity index (χ4n) is 1.18. The Morgan fingerprint density at radius 2 is 1.80 bits per heavy atom. The van der Waals surface area contributed by atoms with Crippen molar-refractivity contribution >= 4 is 19.5 Å². The Balaban J connectivity index is 4.09. The van der Waals surface area contributed by atoms with Gasteiger partial charge in [0.15, 0.2) is 0 Å². The molecule has 0 saturated carbocycles. The number of ether oxygens (including phenoxy) is 2. The van der Waals surface area contributed by atoms with Crippen molar-refractivity contribution in [1.82, 2.24) is 5.09 Å². The minimum Gasteiger partial charge on any atom is -0.468 e. The van der Waals surface area contributed by atoms with Crippen LogP contribution >= 0.6 is 7.52 Å². The first-order valence-corrected chi connectivity index (χ1v) is 8.31. The first kappa shape index (κ1) is 19.1. The Morgan fingerprint density at radius 1 is 1.25 bits per heavy atom. The van der Waals surface area contributed by atoms with E-state index in [-0.39, 0.29) is 19.2 Å². The van der Waals surface area contributed by atoms with E-state index in [0.717, 1.165) is 0 Å². The Hall–Kier alpha value is -0.910. The quantitative estimate of drug-likeness (QED) is 0.433. The normalized spacial score (nSPS) is 16.1. The second-order valence-electron chi connectivity index (χ2n) is 5.44. The van der Waals surface area contributed by atoms with Crippen molar-refractivity contribution in [2.75, 3.05) is 27.0 Å². The molecule has 0 amide bonds. The van der Waals surface area contributed by atoms with Gasteiger partial charge in [-0.15, -0.1) is 0 Å². The van der Waals surface area contributed by atoms with E-state index in [1.165, 1.54) is 20.7 Å². The van der Waals surface area contributed by atoms with E-state index < -0.39 is 24.9 Å². The van der Waals surface area contributed by atoms with Crippen LogP contribution in [0.25, 0.3) is 0 Å². The van der Waals surface area contributed by atoms with E-state index in [2.05, 4.69) is 9.82 Å². The van der Waals surface area contributed by atoms with Crippen LogP contribution in [0.3, 0.4) is 0 Å². The maximum absolute atomic E-state index is 12.0. The number of esters is 2. The van der Waals surface area contributed by atoms with Crippen LogP contribution in [0, 0.1) is 5.41 Å². The van der Waals surface area contributed by atoms with Gasteiger partial charge in [-0.25, -0.2) is 5.09 Å². The lowest BCUT2D eigenvalue weighted by atomic mass is 9.97. The van der Waals surface area contributed by atoms with Gasteiger partial charge >= 0.3 is 11.9 Å². The third-order valence-electron chi connectivity index (χ3n) is 2.25. The molecule has 0 aliphatic carbocycles. The summed E-state index contributed by atoms with van der Waals surface area (Å²) in [6, 6.07) is -0.743. The lowest BCUT2D eigenvalue weighted by molar-refractivity contribution is -0.153. The number of rotatable bonds is 7. The third-order valence-corrected chi connectivity index (χ3v) is 3.78. The molecule has 20 heavy (non-hydrogen) atoms. The van der Waals surface area contributed by atoms with Gasteiger partial charge in [0.2, 0.25) is 0 Å². The summed E-state index contributed by atoms with van der Waals surface area (Å²) in [5.74, 6) is -0.891. The third kappa shape index (κ3) is 7.62. The van der Waals surface area contributed by atoms with Gasteiger partial charge in [-0.2, -0.15) is 0 Å². The smallest absolute Gasteiger partial charge is 0.323 e. The number of hydrogen-bond acceptors (Lipinski definition) is 6. The van der Waals surface area contributed by atoms with Gasteiger partial charge in [-0.3, -0.25) is 14.2 Å². The topological polar surface area (TPSA) is 90.9 Å². The highest BCUT2D eigenvalue weighted by molar-refractivity contribution is 7.56. The summed E-state index contributed by atoms with van der Waals surface area (Å²) < 4.78 is 26.6. The summed E-state index contributed by atoms with van der Waals surface area (Å²) >= 11 is 0. The molecule has 7 nitrogen and oxygen atoms in total. The van der Waals surface area contributed by atoms with Crippen molar-refractivity contribution in [2.24, 2.45) is 5.41 Å². The molecule has 0 radical (unpaired) electrons. The van der Waals surface area contributed by atoms with Crippen molar-refractivity contribution in [2.45, 2.75) is 33.7 Å². The molecule has 2 atom stereocenters. The first-order valence-electron chi connectivity index (χ1n) is 6.24. The van der Waals surface area contributed by atoms with Gasteiger partial charge in [0.05, 0.1) is 19.1 Å². The van der Waals surface area contributed by atoms with E-state index in [1.54, 1.807) is 20.8 Å². The monoisotopic (exact) mass is 309 g/mol. The van der Waals surface area contributed by atoms with E-state index in [1.807, 2.05) is 0 Å². The Kier molecular flexibility index (Phi) is 7.41. The lowest BCUT2D eigenvalue weighted by Gasteiger charge is -2.20. The predicted molar refractivity (Wildman–Crippen MR) is 74.5 cm³/mol. The number of carbonyl (C=O) groups is 2. The fourth-order valence-corrected chi connectivity index (χ4v) is 2.49. The van der Waals surface area contributed by atoms with Gasteiger partial charge in [-0.05, 0) is 27.7 Å². The fraction of sp³-hybridized carbons (Fsp3) is 0.833. The highest BCUT2D eigenvalue weighted by Gasteiger charge is 2.25. The highest BCUT2D eigenvalue weighted by atomic mass is 31.2. The second-order valence-corrected chi connectivity index (χ2v) is 7.65. The zero-order valence-corrected chi connectivity index (χ0v) is 13.8. The highest BCUT2D eigenvalue weighted by Crippen LogP contribution is 2.37. The van der Waals surface area contributed by atoms with E-state index in [4.69, 9.17) is 9.26 Å². The standard InChI is InChI=1S/C12H24NO6P/c1-9(10(14)17-5)13-20(6,16)19-8-7-18-11(15)12(2,3)4/h9H,7-8H2,1-6H3,(H,13,16)/t9-,20?/m0/s1. The SMILES string of the molecule is COC(=O)[C@H](C)NP(C)(=O)OCCOC(=O)C(C)(C)C. The van der Waals surface area contributed by atoms with Crippen LogP contribution in [0.4, 0.5) is 0 Å². The van der Waals surface area contributed by atoms with Gasteiger partial charge < -0.3 is 14.0 Å². The summed E-state index contributed by atoms with van der Waals surface area (Å²) in [7, 11) is -1.91. The summed E-state index contributed by atoms with van der Waals surface area (Å²) in [6.45, 7) is 8.06. The molecular weight excluding hydrogens is 285 g/mol. The van der Waals surface area contributed by atoms with Gasteiger partial charge in [0.1, 0.15) is 12.6 Å². The van der Waals surface area contributed by atoms with Crippen molar-refractivity contribution in [3.63, 3.8) is 0 Å². The molecule has 0 aliphatic rings. The summed E-state index contributed by atoms with van der Waals surface area (Å²) in [5.41, 5.74) is -0.590. The van der Waals surface area contributed by atoms with Crippen molar-refractivity contribution in [3.8, 4) is 0 Å². The molecule has 0 fully saturated rings. The molecule has 0 spiro atoms. The van der Waals surface area contributed by atoms with Crippen LogP contribution in [-0.4, -0.2) is 45.0 Å². The minimum absolute atomic E-state index is 0.00220. The molecule has 0 saturated heterocycles. The maximum Gasteiger partial charge on any atom is 0.323 e. The van der Waals surface area contributed by atoms with Crippen LogP contribution < -0.4 is 5.09 Å². The summed E-state index contributed by atoms with van der Waals surface area (Å²) in [6.07, 6.45) is 0. The van der Waals surface area contributed by atoms with Crippen molar-refractivity contribution in [3.05, 3.63) is 0 Å². The molecule has 0 aromatic carbocycles. The zero-order valence-electron chi connectivity index (χ0n) is 12.9. The van der Waals surface area contributed by atoms with Gasteiger partial charge in [0, 0.05) is 6.66 Å². The van der Waals surface area contributed by atoms with Crippen LogP contribution in [0.2, 0.25) is 0 Å². The minimum atomic E-state index is -3.16. The summed E-state index contributed by atoms with van der Waals surface area (Å²) in [5, 5.41) is 2.54. The van der Waals surface area contributed by atoms with Crippen LogP contribution in [-0.2, 0) is 28.2 Å². The second kappa shape index (κ2) is 7.76. The van der Waals surface area contributed by atoms with Crippen molar-refractivity contribution < 1.29 is 28.2 Å². The lowest BCUT2D eigenvalue weighted by Crippen LogP contribution is -2.33. The number of carbonyl (C=O) groups excluding carboxylic acids is 2. The van der Waals surface area contributed by atoms with Crippen LogP contribution in [0.5, 0.6) is 0 Å². The largest absolute Gasteiger partial charge is 0.468 e. The molecular formula is C12H24NO6P. The first-order chi connectivity index (χ1) is 8.99. The molecule has 0 aromatic heterocycles. The molecule has 1 unspecified atom stereocenters. The maximum atomic E-state index is 12.0. The van der Waals surface area contributed by atoms with E-state index in [9.17, 15) is 14.2 Å². The Labute approximate surface area is 119 Å². The zero-order chi connectivity index (χ0) is 16.0. The molecule has 0 bridgehead atoms. The predicted octanol–water partition coefficient (Wildman–Crippen LogP) is 1.57. The summed E-state index contributed by atoms with van der Waals surface area (Å²) in [4.78, 5) is 22.7. The Bertz CT molecular complexity index is 390. The number of nitrogens with one attached hydrogen (secondary N) is 1. The number of hydrogen-bond donors (Lipinski definition) is 1. The molecule has 0 heterocycles. The van der Waals surface area contributed by atoms with E-state index in [0.29, 0.717) is 0 Å². The van der Waals surface area contributed by atoms with E-state index >= 15 is 0 Å². The van der Waals surface area contributed by atoms with Gasteiger partial charge in [-0.1, -0.05) is 0 Å². The molecule has 1 N–H and O–H groups in total. The average molecular weight is 309 g/mol. The molecule has 8 heteroatoms. The van der Waals surface area contributed by atoms with Gasteiger partial charge in [0.25, 0.3) is 7.52 Å². The average Bonchev–Trinajstić information content (AvgIpc) is 2.31. The molecule has 0 aromatic rings. The van der Waals surface area contributed by atoms with Crippen LogP contribution in [0.15, 0.2) is 0 Å². The number of methoxy groups -OCH3 is 1.